The Kier molecular flexibility index (Phi) is 6.71. The fourth-order valence-corrected chi connectivity index (χ4v) is 3.17. The maximum Gasteiger partial charge on any atom is 0.00931 e. The van der Waals surface area contributed by atoms with Crippen LogP contribution in [0, 0.1) is 5.92 Å². The highest BCUT2D eigenvalue weighted by atomic mass is 35.5. The molecule has 1 unspecified atom stereocenters. The van der Waals surface area contributed by atoms with E-state index in [0.29, 0.717) is 0 Å². The van der Waals surface area contributed by atoms with Crippen molar-refractivity contribution in [3.8, 4) is 0 Å². The molecule has 96 valence electrons. The fraction of sp³-hybridized carbons (Fsp3) is 1.00. The molecule has 2 rings (SSSR count). The molecule has 2 heterocycles. The van der Waals surface area contributed by atoms with Gasteiger partial charge in [-0.1, -0.05) is 6.92 Å². The molecule has 0 aromatic heterocycles. The molecule has 2 nitrogen and oxygen atoms in total. The number of halogens is 1. The van der Waals surface area contributed by atoms with Gasteiger partial charge in [0.2, 0.25) is 0 Å². The topological polar surface area (TPSA) is 15.3 Å². The predicted molar refractivity (Wildman–Crippen MR) is 72.3 cm³/mol. The SMILES string of the molecule is CCC1CCCN1CCC1CCNCC1.Cl. The highest BCUT2D eigenvalue weighted by Gasteiger charge is 2.23. The van der Waals surface area contributed by atoms with E-state index in [2.05, 4.69) is 17.1 Å². The predicted octanol–water partition coefficient (Wildman–Crippen LogP) is 2.67. The summed E-state index contributed by atoms with van der Waals surface area (Å²) in [5, 5.41) is 3.45. The molecule has 0 radical (unpaired) electrons. The van der Waals surface area contributed by atoms with Gasteiger partial charge in [0, 0.05) is 6.04 Å². The molecule has 0 spiro atoms. The maximum atomic E-state index is 3.45. The van der Waals surface area contributed by atoms with Crippen LogP contribution in [0.4, 0.5) is 0 Å². The number of hydrogen-bond acceptors (Lipinski definition) is 2. The van der Waals surface area contributed by atoms with Crippen molar-refractivity contribution in [1.82, 2.24) is 10.2 Å². The summed E-state index contributed by atoms with van der Waals surface area (Å²) in [6.45, 7) is 7.57. The van der Waals surface area contributed by atoms with Crippen molar-refractivity contribution >= 4 is 12.4 Å². The zero-order valence-electron chi connectivity index (χ0n) is 10.6. The minimum Gasteiger partial charge on any atom is -0.317 e. The van der Waals surface area contributed by atoms with Crippen LogP contribution >= 0.6 is 12.4 Å². The van der Waals surface area contributed by atoms with Crippen LogP contribution in [0.1, 0.15) is 45.4 Å². The van der Waals surface area contributed by atoms with Gasteiger partial charge in [0.05, 0.1) is 0 Å². The van der Waals surface area contributed by atoms with Crippen molar-refractivity contribution in [1.29, 1.82) is 0 Å². The van der Waals surface area contributed by atoms with Crippen LogP contribution in [-0.2, 0) is 0 Å². The molecule has 0 aromatic carbocycles. The van der Waals surface area contributed by atoms with Crippen molar-refractivity contribution in [2.75, 3.05) is 26.2 Å². The Balaban J connectivity index is 0.00000128. The summed E-state index contributed by atoms with van der Waals surface area (Å²) in [6.07, 6.45) is 8.49. The van der Waals surface area contributed by atoms with Crippen molar-refractivity contribution in [3.05, 3.63) is 0 Å². The number of nitrogens with zero attached hydrogens (tertiary/aromatic N) is 1. The van der Waals surface area contributed by atoms with Crippen molar-refractivity contribution in [2.45, 2.75) is 51.5 Å². The van der Waals surface area contributed by atoms with E-state index in [9.17, 15) is 0 Å². The minimum atomic E-state index is 0. The number of nitrogens with one attached hydrogen (secondary N) is 1. The summed E-state index contributed by atoms with van der Waals surface area (Å²) >= 11 is 0. The molecule has 0 aromatic rings. The Hall–Kier alpha value is 0.210. The molecule has 2 aliphatic heterocycles. The van der Waals surface area contributed by atoms with Gasteiger partial charge in [-0.15, -0.1) is 12.4 Å². The lowest BCUT2D eigenvalue weighted by Crippen LogP contribution is -2.33. The summed E-state index contributed by atoms with van der Waals surface area (Å²) in [4.78, 5) is 2.74. The number of piperidine rings is 1. The highest BCUT2D eigenvalue weighted by Crippen LogP contribution is 2.23. The lowest BCUT2D eigenvalue weighted by Gasteiger charge is -2.28. The summed E-state index contributed by atoms with van der Waals surface area (Å²) in [7, 11) is 0. The van der Waals surface area contributed by atoms with E-state index < -0.39 is 0 Å². The van der Waals surface area contributed by atoms with E-state index in [1.165, 1.54) is 64.7 Å². The van der Waals surface area contributed by atoms with Crippen LogP contribution in [0.25, 0.3) is 0 Å². The van der Waals surface area contributed by atoms with Gasteiger partial charge in [-0.05, 0) is 70.6 Å². The molecule has 0 bridgehead atoms. The third-order valence-electron chi connectivity index (χ3n) is 4.25. The zero-order valence-corrected chi connectivity index (χ0v) is 11.4. The Morgan fingerprint density at radius 1 is 1.19 bits per heavy atom. The first kappa shape index (κ1) is 14.3. The quantitative estimate of drug-likeness (QED) is 0.821. The molecular weight excluding hydrogens is 220 g/mol. The first-order chi connectivity index (χ1) is 7.40. The van der Waals surface area contributed by atoms with Crippen molar-refractivity contribution < 1.29 is 0 Å². The molecule has 3 heteroatoms. The Morgan fingerprint density at radius 2 is 1.94 bits per heavy atom. The van der Waals surface area contributed by atoms with Crippen LogP contribution in [0.3, 0.4) is 0 Å². The summed E-state index contributed by atoms with van der Waals surface area (Å²) in [6, 6.07) is 0.909. The Bertz CT molecular complexity index is 181. The van der Waals surface area contributed by atoms with Crippen LogP contribution < -0.4 is 5.32 Å². The average Bonchev–Trinajstić information content (AvgIpc) is 2.75. The van der Waals surface area contributed by atoms with Gasteiger partial charge in [-0.2, -0.15) is 0 Å². The molecule has 2 fully saturated rings. The van der Waals surface area contributed by atoms with E-state index in [0.717, 1.165) is 12.0 Å². The van der Waals surface area contributed by atoms with E-state index in [4.69, 9.17) is 0 Å². The first-order valence-corrected chi connectivity index (χ1v) is 6.85. The lowest BCUT2D eigenvalue weighted by atomic mass is 9.94. The number of likely N-dealkylation sites (tertiary alicyclic amines) is 1. The maximum absolute atomic E-state index is 3.45. The number of hydrogen-bond donors (Lipinski definition) is 1. The van der Waals surface area contributed by atoms with Crippen LogP contribution in [0.5, 0.6) is 0 Å². The van der Waals surface area contributed by atoms with Crippen LogP contribution in [0.15, 0.2) is 0 Å². The number of rotatable bonds is 4. The van der Waals surface area contributed by atoms with Crippen LogP contribution in [-0.4, -0.2) is 37.1 Å². The Morgan fingerprint density at radius 3 is 2.62 bits per heavy atom. The molecule has 1 atom stereocenters. The van der Waals surface area contributed by atoms with Gasteiger partial charge in [0.25, 0.3) is 0 Å². The summed E-state index contributed by atoms with van der Waals surface area (Å²) < 4.78 is 0. The average molecular weight is 247 g/mol. The standard InChI is InChI=1S/C13H26N2.ClH/c1-2-13-4-3-10-15(13)11-7-12-5-8-14-9-6-12;/h12-14H,2-11H2,1H3;1H. The molecule has 0 saturated carbocycles. The monoisotopic (exact) mass is 246 g/mol. The van der Waals surface area contributed by atoms with Gasteiger partial charge < -0.3 is 10.2 Å². The second-order valence-electron chi connectivity index (χ2n) is 5.22. The third kappa shape index (κ3) is 3.90. The van der Waals surface area contributed by atoms with Gasteiger partial charge in [0.1, 0.15) is 0 Å². The van der Waals surface area contributed by atoms with Gasteiger partial charge in [-0.3, -0.25) is 0 Å². The van der Waals surface area contributed by atoms with Gasteiger partial charge in [-0.25, -0.2) is 0 Å². The van der Waals surface area contributed by atoms with E-state index in [1.807, 2.05) is 0 Å². The van der Waals surface area contributed by atoms with Gasteiger partial charge in [0.15, 0.2) is 0 Å². The van der Waals surface area contributed by atoms with Gasteiger partial charge >= 0.3 is 0 Å². The molecule has 16 heavy (non-hydrogen) atoms. The largest absolute Gasteiger partial charge is 0.317 e. The zero-order chi connectivity index (χ0) is 10.5. The normalized spacial score (nSPS) is 27.9. The van der Waals surface area contributed by atoms with Crippen molar-refractivity contribution in [2.24, 2.45) is 5.92 Å². The third-order valence-corrected chi connectivity index (χ3v) is 4.25. The minimum absolute atomic E-state index is 0. The molecular formula is C13H27ClN2. The fourth-order valence-electron chi connectivity index (χ4n) is 3.17. The second kappa shape index (κ2) is 7.52. The first-order valence-electron chi connectivity index (χ1n) is 6.85. The van der Waals surface area contributed by atoms with E-state index in [-0.39, 0.29) is 12.4 Å². The summed E-state index contributed by atoms with van der Waals surface area (Å²) in [5.41, 5.74) is 0. The molecule has 2 saturated heterocycles. The molecule has 1 N–H and O–H groups in total. The molecule has 0 amide bonds. The highest BCUT2D eigenvalue weighted by molar-refractivity contribution is 5.85. The summed E-state index contributed by atoms with van der Waals surface area (Å²) in [5.74, 6) is 1.00. The van der Waals surface area contributed by atoms with Crippen molar-refractivity contribution in [3.63, 3.8) is 0 Å². The lowest BCUT2D eigenvalue weighted by molar-refractivity contribution is 0.217. The van der Waals surface area contributed by atoms with E-state index in [1.54, 1.807) is 0 Å². The second-order valence-corrected chi connectivity index (χ2v) is 5.22. The van der Waals surface area contributed by atoms with Crippen LogP contribution in [0.2, 0.25) is 0 Å². The molecule has 2 aliphatic rings. The molecule has 0 aliphatic carbocycles. The Labute approximate surface area is 107 Å². The smallest absolute Gasteiger partial charge is 0.00931 e. The van der Waals surface area contributed by atoms with E-state index >= 15 is 0 Å².